The van der Waals surface area contributed by atoms with E-state index in [0.29, 0.717) is 5.71 Å². The topological polar surface area (TPSA) is 90.4 Å². The summed E-state index contributed by atoms with van der Waals surface area (Å²) < 4.78 is 5.23. The van der Waals surface area contributed by atoms with E-state index in [-0.39, 0.29) is 0 Å². The molecule has 31 heavy (non-hydrogen) atoms. The van der Waals surface area contributed by atoms with Gasteiger partial charge in [0.05, 0.1) is 29.2 Å². The highest BCUT2D eigenvalue weighted by Gasteiger charge is 2.11. The van der Waals surface area contributed by atoms with Gasteiger partial charge in [-0.15, -0.1) is 0 Å². The molecule has 0 spiro atoms. The van der Waals surface area contributed by atoms with Crippen molar-refractivity contribution < 1.29 is 4.74 Å². The van der Waals surface area contributed by atoms with E-state index in [1.165, 1.54) is 0 Å². The van der Waals surface area contributed by atoms with Gasteiger partial charge in [0.15, 0.2) is 0 Å². The molecule has 2 heterocycles. The standard InChI is InChI=1S/C25H23N5O/c1-3-4-19(26)16-7-11-20-22(13-16)30-25(28-20)17-8-12-21-23(14-17)29-24(27-21)15-5-9-18(31-2)10-6-15/h5-14,26H,3-4H2,1-2H3,(H,27,29)(H,28,30). The molecule has 3 aromatic carbocycles. The fraction of sp³-hybridized carbons (Fsp3) is 0.160. The van der Waals surface area contributed by atoms with Gasteiger partial charge in [-0.05, 0) is 66.6 Å². The van der Waals surface area contributed by atoms with Crippen LogP contribution in [0, 0.1) is 5.41 Å². The number of fused-ring (bicyclic) bond motifs is 2. The number of aromatic nitrogens is 4. The molecule has 0 saturated heterocycles. The number of nitrogens with one attached hydrogen (secondary N) is 3. The Balaban J connectivity index is 1.49. The summed E-state index contributed by atoms with van der Waals surface area (Å²) in [5, 5.41) is 8.21. The van der Waals surface area contributed by atoms with Crippen LogP contribution in [0.25, 0.3) is 44.8 Å². The molecule has 6 nitrogen and oxygen atoms in total. The molecule has 3 N–H and O–H groups in total. The van der Waals surface area contributed by atoms with Gasteiger partial charge in [-0.1, -0.05) is 19.4 Å². The highest BCUT2D eigenvalue weighted by Crippen LogP contribution is 2.27. The lowest BCUT2D eigenvalue weighted by atomic mass is 10.1. The average Bonchev–Trinajstić information content (AvgIpc) is 3.42. The third kappa shape index (κ3) is 3.57. The highest BCUT2D eigenvalue weighted by molar-refractivity contribution is 6.01. The van der Waals surface area contributed by atoms with Crippen molar-refractivity contribution in [3.05, 3.63) is 66.2 Å². The minimum Gasteiger partial charge on any atom is -0.497 e. The number of hydrogen-bond donors (Lipinski definition) is 3. The molecule has 0 amide bonds. The summed E-state index contributed by atoms with van der Waals surface area (Å²) in [4.78, 5) is 16.3. The van der Waals surface area contributed by atoms with E-state index < -0.39 is 0 Å². The lowest BCUT2D eigenvalue weighted by molar-refractivity contribution is 0.415. The van der Waals surface area contributed by atoms with Crippen molar-refractivity contribution in [3.63, 3.8) is 0 Å². The molecule has 6 heteroatoms. The Morgan fingerprint density at radius 2 is 1.45 bits per heavy atom. The van der Waals surface area contributed by atoms with Crippen molar-refractivity contribution in [2.45, 2.75) is 19.8 Å². The number of benzene rings is 3. The average molecular weight is 409 g/mol. The van der Waals surface area contributed by atoms with Gasteiger partial charge >= 0.3 is 0 Å². The Morgan fingerprint density at radius 1 is 0.839 bits per heavy atom. The van der Waals surface area contributed by atoms with Crippen molar-refractivity contribution in [2.75, 3.05) is 7.11 Å². The second-order valence-corrected chi connectivity index (χ2v) is 7.59. The Kier molecular flexibility index (Phi) is 4.75. The van der Waals surface area contributed by atoms with Crippen LogP contribution in [0.5, 0.6) is 5.75 Å². The summed E-state index contributed by atoms with van der Waals surface area (Å²) in [7, 11) is 1.66. The molecule has 0 radical (unpaired) electrons. The lowest BCUT2D eigenvalue weighted by Crippen LogP contribution is -1.97. The van der Waals surface area contributed by atoms with Crippen LogP contribution in [0.3, 0.4) is 0 Å². The Morgan fingerprint density at radius 3 is 2.13 bits per heavy atom. The number of aromatic amines is 2. The monoisotopic (exact) mass is 409 g/mol. The molecule has 5 rings (SSSR count). The molecule has 0 unspecified atom stereocenters. The first-order chi connectivity index (χ1) is 15.1. The third-order valence-electron chi connectivity index (χ3n) is 5.45. The van der Waals surface area contributed by atoms with E-state index in [1.54, 1.807) is 7.11 Å². The van der Waals surface area contributed by atoms with Gasteiger partial charge in [-0.25, -0.2) is 9.97 Å². The van der Waals surface area contributed by atoms with Gasteiger partial charge in [0.1, 0.15) is 17.4 Å². The fourth-order valence-corrected chi connectivity index (χ4v) is 3.77. The molecule has 0 aliphatic carbocycles. The summed E-state index contributed by atoms with van der Waals surface area (Å²) in [6.45, 7) is 2.09. The number of H-pyrrole nitrogens is 2. The quantitative estimate of drug-likeness (QED) is 0.303. The maximum absolute atomic E-state index is 8.21. The van der Waals surface area contributed by atoms with Crippen LogP contribution < -0.4 is 4.74 Å². The number of hydrogen-bond acceptors (Lipinski definition) is 4. The second-order valence-electron chi connectivity index (χ2n) is 7.59. The van der Waals surface area contributed by atoms with Crippen LogP contribution in [0.1, 0.15) is 25.3 Å². The number of rotatable bonds is 6. The molecule has 0 fully saturated rings. The number of methoxy groups -OCH3 is 1. The van der Waals surface area contributed by atoms with E-state index >= 15 is 0 Å². The van der Waals surface area contributed by atoms with E-state index in [1.807, 2.05) is 54.6 Å². The number of imidazole rings is 2. The zero-order chi connectivity index (χ0) is 21.4. The van der Waals surface area contributed by atoms with Crippen molar-refractivity contribution in [2.24, 2.45) is 0 Å². The van der Waals surface area contributed by atoms with Crippen LogP contribution >= 0.6 is 0 Å². The Bertz CT molecular complexity index is 1400. The molecule has 2 aromatic heterocycles. The van der Waals surface area contributed by atoms with Gasteiger partial charge in [-0.3, -0.25) is 0 Å². The predicted molar refractivity (Wildman–Crippen MR) is 125 cm³/mol. The molecule has 5 aromatic rings. The Labute approximate surface area is 179 Å². The van der Waals surface area contributed by atoms with Crippen LogP contribution in [0.15, 0.2) is 60.7 Å². The fourth-order valence-electron chi connectivity index (χ4n) is 3.77. The molecule has 0 saturated carbocycles. The maximum Gasteiger partial charge on any atom is 0.138 e. The van der Waals surface area contributed by atoms with Crippen molar-refractivity contribution >= 4 is 27.8 Å². The highest BCUT2D eigenvalue weighted by atomic mass is 16.5. The molecule has 154 valence electrons. The van der Waals surface area contributed by atoms with Gasteiger partial charge in [0.25, 0.3) is 0 Å². The third-order valence-corrected chi connectivity index (χ3v) is 5.45. The summed E-state index contributed by atoms with van der Waals surface area (Å²) in [5.41, 5.74) is 7.28. The second kappa shape index (κ2) is 7.72. The summed E-state index contributed by atoms with van der Waals surface area (Å²) in [5.74, 6) is 2.44. The SMILES string of the molecule is CCCC(=N)c1ccc2nc(-c3ccc4nc(-c5ccc(OC)cc5)[nH]c4c3)[nH]c2c1. The van der Waals surface area contributed by atoms with Crippen LogP contribution in [0.2, 0.25) is 0 Å². The van der Waals surface area contributed by atoms with Crippen molar-refractivity contribution in [1.82, 2.24) is 19.9 Å². The molecular weight excluding hydrogens is 386 g/mol. The zero-order valence-corrected chi connectivity index (χ0v) is 17.5. The van der Waals surface area contributed by atoms with Crippen LogP contribution in [-0.2, 0) is 0 Å². The van der Waals surface area contributed by atoms with Crippen LogP contribution in [-0.4, -0.2) is 32.8 Å². The number of nitrogens with zero attached hydrogens (tertiary/aromatic N) is 2. The summed E-state index contributed by atoms with van der Waals surface area (Å²) in [6, 6.07) is 19.9. The van der Waals surface area contributed by atoms with Crippen molar-refractivity contribution in [3.8, 4) is 28.5 Å². The molecule has 0 atom stereocenters. The molecule has 0 aliphatic rings. The first-order valence-corrected chi connectivity index (χ1v) is 10.4. The first-order valence-electron chi connectivity index (χ1n) is 10.4. The summed E-state index contributed by atoms with van der Waals surface area (Å²) in [6.07, 6.45) is 1.74. The van der Waals surface area contributed by atoms with Gasteiger partial charge in [0, 0.05) is 16.8 Å². The van der Waals surface area contributed by atoms with Gasteiger partial charge in [0.2, 0.25) is 0 Å². The van der Waals surface area contributed by atoms with E-state index in [9.17, 15) is 0 Å². The van der Waals surface area contributed by atoms with Gasteiger partial charge in [-0.2, -0.15) is 0 Å². The van der Waals surface area contributed by atoms with E-state index in [4.69, 9.17) is 20.1 Å². The van der Waals surface area contributed by atoms with E-state index in [0.717, 1.165) is 69.0 Å². The lowest BCUT2D eigenvalue weighted by Gasteiger charge is -2.01. The minimum atomic E-state index is 0.658. The van der Waals surface area contributed by atoms with E-state index in [2.05, 4.69) is 23.0 Å². The van der Waals surface area contributed by atoms with Crippen molar-refractivity contribution in [1.29, 1.82) is 5.41 Å². The summed E-state index contributed by atoms with van der Waals surface area (Å²) >= 11 is 0. The number of ether oxygens (including phenoxy) is 1. The van der Waals surface area contributed by atoms with Gasteiger partial charge < -0.3 is 20.1 Å². The molecule has 0 bridgehead atoms. The molecule has 0 aliphatic heterocycles. The maximum atomic E-state index is 8.21. The molecular formula is C25H23N5O. The normalized spacial score (nSPS) is 11.3. The first kappa shape index (κ1) is 19.1. The minimum absolute atomic E-state index is 0.658. The van der Waals surface area contributed by atoms with Crippen LogP contribution in [0.4, 0.5) is 0 Å². The largest absolute Gasteiger partial charge is 0.497 e. The smallest absolute Gasteiger partial charge is 0.138 e. The Hall–Kier alpha value is -3.93. The predicted octanol–water partition coefficient (Wildman–Crippen LogP) is 5.95. The zero-order valence-electron chi connectivity index (χ0n) is 17.5.